The second kappa shape index (κ2) is 10.6. The lowest BCUT2D eigenvalue weighted by molar-refractivity contribution is -0.130. The molecule has 7 nitrogen and oxygen atoms in total. The highest BCUT2D eigenvalue weighted by Gasteiger charge is 2.40. The third kappa shape index (κ3) is 5.58. The summed E-state index contributed by atoms with van der Waals surface area (Å²) in [5, 5.41) is 13.0. The first kappa shape index (κ1) is 24.4. The third-order valence-electron chi connectivity index (χ3n) is 5.74. The molecule has 2 atom stereocenters. The van der Waals surface area contributed by atoms with Crippen LogP contribution in [0.15, 0.2) is 42.1 Å². The third-order valence-corrected chi connectivity index (χ3v) is 6.33. The van der Waals surface area contributed by atoms with E-state index in [-0.39, 0.29) is 41.7 Å². The highest BCUT2D eigenvalue weighted by Crippen LogP contribution is 2.39. The van der Waals surface area contributed by atoms with Crippen LogP contribution < -0.4 is 5.48 Å². The Bertz CT molecular complexity index is 1010. The van der Waals surface area contributed by atoms with Crippen LogP contribution in [0.3, 0.4) is 0 Å². The van der Waals surface area contributed by atoms with Gasteiger partial charge in [0.15, 0.2) is 5.78 Å². The molecule has 1 aliphatic heterocycles. The number of likely N-dealkylation sites (tertiary alicyclic amines) is 1. The SMILES string of the molecule is Cl.O=C(Cn1ccc(/C=C2/CN(C(C(=O)C3CC3)c3ccccc3F)CCC2S)n1)NO. The number of carbonyl (C=O) groups excluding carboxylic acids is 2. The highest BCUT2D eigenvalue weighted by molar-refractivity contribution is 7.81. The maximum atomic E-state index is 14.6. The number of hydrogen-bond acceptors (Lipinski definition) is 6. The minimum Gasteiger partial charge on any atom is -0.297 e. The Morgan fingerprint density at radius 3 is 2.72 bits per heavy atom. The predicted octanol–water partition coefficient (Wildman–Crippen LogP) is 3.06. The van der Waals surface area contributed by atoms with Crippen molar-refractivity contribution < 1.29 is 19.2 Å². The molecule has 4 rings (SSSR count). The van der Waals surface area contributed by atoms with Crippen molar-refractivity contribution in [3.8, 4) is 0 Å². The van der Waals surface area contributed by atoms with Gasteiger partial charge in [-0.2, -0.15) is 17.7 Å². The van der Waals surface area contributed by atoms with Crippen LogP contribution in [-0.4, -0.2) is 49.9 Å². The number of rotatable bonds is 7. The quantitative estimate of drug-likeness (QED) is 0.322. The molecule has 2 N–H and O–H groups in total. The van der Waals surface area contributed by atoms with E-state index in [0.717, 1.165) is 24.8 Å². The second-order valence-corrected chi connectivity index (χ2v) is 8.69. The van der Waals surface area contributed by atoms with E-state index in [1.54, 1.807) is 35.9 Å². The number of thiol groups is 1. The van der Waals surface area contributed by atoms with E-state index >= 15 is 0 Å². The number of hydrogen-bond donors (Lipinski definition) is 3. The van der Waals surface area contributed by atoms with Crippen LogP contribution in [0.25, 0.3) is 6.08 Å². The van der Waals surface area contributed by atoms with Crippen LogP contribution in [0, 0.1) is 11.7 Å². The van der Waals surface area contributed by atoms with Crippen molar-refractivity contribution in [2.45, 2.75) is 37.1 Å². The summed E-state index contributed by atoms with van der Waals surface area (Å²) < 4.78 is 16.0. The minimum absolute atomic E-state index is 0. The summed E-state index contributed by atoms with van der Waals surface area (Å²) >= 11 is 4.70. The van der Waals surface area contributed by atoms with Crippen LogP contribution in [0.2, 0.25) is 0 Å². The molecule has 1 aliphatic carbocycles. The molecule has 172 valence electrons. The van der Waals surface area contributed by atoms with Crippen LogP contribution in [0.1, 0.15) is 36.6 Å². The molecule has 2 aliphatic rings. The molecule has 32 heavy (non-hydrogen) atoms. The first-order valence-electron chi connectivity index (χ1n) is 10.3. The molecule has 1 saturated heterocycles. The lowest BCUT2D eigenvalue weighted by atomic mass is 9.93. The number of piperidine rings is 1. The number of hydroxylamine groups is 1. The maximum Gasteiger partial charge on any atom is 0.265 e. The molecule has 1 saturated carbocycles. The standard InChI is InChI=1S/C22H25FN4O3S.ClH/c23-18-4-2-1-3-17(18)21(22(29)14-5-6-14)26-9-8-19(31)15(12-26)11-16-7-10-27(24-16)13-20(28)25-30;/h1-4,7,10-11,14,19,21,30-31H,5-6,8-9,12-13H2,(H,25,28);1H/b15-11-;. The van der Waals surface area contributed by atoms with Gasteiger partial charge in [-0.15, -0.1) is 12.4 Å². The van der Waals surface area contributed by atoms with Gasteiger partial charge >= 0.3 is 0 Å². The van der Waals surface area contributed by atoms with Gasteiger partial charge in [-0.3, -0.25) is 24.4 Å². The Morgan fingerprint density at radius 1 is 1.28 bits per heavy atom. The number of aromatic nitrogens is 2. The normalized spacial score (nSPS) is 21.1. The van der Waals surface area contributed by atoms with E-state index in [1.807, 2.05) is 11.0 Å². The second-order valence-electron chi connectivity index (χ2n) is 8.07. The van der Waals surface area contributed by atoms with Gasteiger partial charge in [0.05, 0.1) is 11.7 Å². The molecular weight excluding hydrogens is 455 g/mol. The number of amides is 1. The molecule has 0 bridgehead atoms. The molecular formula is C22H26ClFN4O3S. The van der Waals surface area contributed by atoms with Crippen molar-refractivity contribution in [2.24, 2.45) is 5.92 Å². The molecule has 2 heterocycles. The van der Waals surface area contributed by atoms with Crippen LogP contribution in [0.4, 0.5) is 4.39 Å². The van der Waals surface area contributed by atoms with E-state index in [4.69, 9.17) is 17.8 Å². The van der Waals surface area contributed by atoms with Crippen LogP contribution in [0.5, 0.6) is 0 Å². The number of carbonyl (C=O) groups is 2. The molecule has 1 aromatic heterocycles. The molecule has 1 amide bonds. The Labute approximate surface area is 197 Å². The molecule has 0 spiro atoms. The predicted molar refractivity (Wildman–Crippen MR) is 123 cm³/mol. The lowest BCUT2D eigenvalue weighted by Crippen LogP contribution is -2.42. The molecule has 2 fully saturated rings. The summed E-state index contributed by atoms with van der Waals surface area (Å²) in [6.45, 7) is 1.03. The monoisotopic (exact) mass is 480 g/mol. The van der Waals surface area contributed by atoms with Crippen LogP contribution >= 0.6 is 25.0 Å². The van der Waals surface area contributed by atoms with E-state index < -0.39 is 11.9 Å². The maximum absolute atomic E-state index is 14.6. The van der Waals surface area contributed by atoms with Crippen molar-refractivity contribution >= 4 is 42.8 Å². The zero-order chi connectivity index (χ0) is 22.0. The fraction of sp³-hybridized carbons (Fsp3) is 0.409. The number of ketones is 1. The number of Topliss-reactive ketones (excluding diaryl/α,β-unsaturated/α-hetero) is 1. The number of halogens is 2. The van der Waals surface area contributed by atoms with Crippen molar-refractivity contribution in [3.05, 3.63) is 59.2 Å². The zero-order valence-corrected chi connectivity index (χ0v) is 19.1. The Morgan fingerprint density at radius 2 is 2.03 bits per heavy atom. The van der Waals surface area contributed by atoms with Gasteiger partial charge < -0.3 is 0 Å². The summed E-state index contributed by atoms with van der Waals surface area (Å²) in [6.07, 6.45) is 6.01. The smallest absolute Gasteiger partial charge is 0.265 e. The Hall–Kier alpha value is -2.20. The van der Waals surface area contributed by atoms with Crippen LogP contribution in [-0.2, 0) is 16.1 Å². The highest BCUT2D eigenvalue weighted by atomic mass is 35.5. The first-order chi connectivity index (χ1) is 15.0. The molecule has 1 aromatic carbocycles. The van der Waals surface area contributed by atoms with Gasteiger partial charge in [-0.05, 0) is 43.0 Å². The van der Waals surface area contributed by atoms with E-state index in [9.17, 15) is 14.0 Å². The number of nitrogens with one attached hydrogen (secondary N) is 1. The summed E-state index contributed by atoms with van der Waals surface area (Å²) in [5.41, 5.74) is 3.64. The van der Waals surface area contributed by atoms with Crippen molar-refractivity contribution in [2.75, 3.05) is 13.1 Å². The zero-order valence-electron chi connectivity index (χ0n) is 17.4. The molecule has 2 unspecified atom stereocenters. The van der Waals surface area contributed by atoms with Gasteiger partial charge in [-0.1, -0.05) is 18.2 Å². The average Bonchev–Trinajstić information content (AvgIpc) is 3.53. The van der Waals surface area contributed by atoms with Gasteiger partial charge in [0.25, 0.3) is 5.91 Å². The summed E-state index contributed by atoms with van der Waals surface area (Å²) in [5.74, 6) is -0.828. The van der Waals surface area contributed by atoms with E-state index in [0.29, 0.717) is 24.3 Å². The van der Waals surface area contributed by atoms with Gasteiger partial charge in [0.2, 0.25) is 0 Å². The molecule has 2 aromatic rings. The fourth-order valence-corrected chi connectivity index (χ4v) is 4.26. The lowest BCUT2D eigenvalue weighted by Gasteiger charge is -2.37. The van der Waals surface area contributed by atoms with E-state index in [1.165, 1.54) is 10.7 Å². The number of nitrogens with zero attached hydrogens (tertiary/aromatic N) is 3. The Kier molecular flexibility index (Phi) is 8.10. The van der Waals surface area contributed by atoms with Crippen molar-refractivity contribution in [1.29, 1.82) is 0 Å². The number of benzene rings is 1. The molecule has 0 radical (unpaired) electrons. The van der Waals surface area contributed by atoms with Crippen molar-refractivity contribution in [1.82, 2.24) is 20.2 Å². The van der Waals surface area contributed by atoms with E-state index in [2.05, 4.69) is 5.10 Å². The van der Waals surface area contributed by atoms with Gasteiger partial charge in [-0.25, -0.2) is 9.87 Å². The van der Waals surface area contributed by atoms with Gasteiger partial charge in [0.1, 0.15) is 12.4 Å². The summed E-state index contributed by atoms with van der Waals surface area (Å²) in [7, 11) is 0. The Balaban J connectivity index is 0.00000289. The minimum atomic E-state index is -0.608. The topological polar surface area (TPSA) is 87.5 Å². The average molecular weight is 481 g/mol. The van der Waals surface area contributed by atoms with Gasteiger partial charge in [0, 0.05) is 36.0 Å². The van der Waals surface area contributed by atoms with Crippen molar-refractivity contribution in [3.63, 3.8) is 0 Å². The fourth-order valence-electron chi connectivity index (χ4n) is 3.99. The first-order valence-corrected chi connectivity index (χ1v) is 10.8. The molecule has 10 heteroatoms. The largest absolute Gasteiger partial charge is 0.297 e. The summed E-state index contributed by atoms with van der Waals surface area (Å²) in [6, 6.07) is 7.66. The summed E-state index contributed by atoms with van der Waals surface area (Å²) in [4.78, 5) is 26.5.